The van der Waals surface area contributed by atoms with Crippen molar-refractivity contribution >= 4 is 11.4 Å². The molecule has 1 atom stereocenters. The van der Waals surface area contributed by atoms with E-state index in [9.17, 15) is 0 Å². The molecular formula is C18H17N3O. The second-order valence-electron chi connectivity index (χ2n) is 5.54. The maximum atomic E-state index is 8.97. The van der Waals surface area contributed by atoms with Crippen LogP contribution in [-0.4, -0.2) is 5.71 Å². The van der Waals surface area contributed by atoms with Crippen molar-refractivity contribution in [2.24, 2.45) is 0 Å². The van der Waals surface area contributed by atoms with Gasteiger partial charge in [0.1, 0.15) is 11.9 Å². The molecule has 1 aliphatic rings. The summed E-state index contributed by atoms with van der Waals surface area (Å²) in [5.41, 5.74) is 10.6. The van der Waals surface area contributed by atoms with Crippen molar-refractivity contribution in [3.8, 4) is 11.8 Å². The van der Waals surface area contributed by atoms with Crippen LogP contribution in [0.15, 0.2) is 36.4 Å². The van der Waals surface area contributed by atoms with Crippen LogP contribution in [0.1, 0.15) is 41.7 Å². The van der Waals surface area contributed by atoms with Crippen LogP contribution in [-0.2, 0) is 6.42 Å². The lowest BCUT2D eigenvalue weighted by Crippen LogP contribution is -2.05. The Bertz CT molecular complexity index is 789. The Morgan fingerprint density at radius 3 is 2.86 bits per heavy atom. The molecule has 0 radical (unpaired) electrons. The first kappa shape index (κ1) is 14.2. The number of nitrogen functional groups attached to an aromatic ring is 1. The fourth-order valence-corrected chi connectivity index (χ4v) is 2.87. The molecule has 0 amide bonds. The van der Waals surface area contributed by atoms with E-state index in [0.717, 1.165) is 24.2 Å². The highest BCUT2D eigenvalue weighted by Gasteiger charge is 2.24. The molecule has 1 unspecified atom stereocenters. The van der Waals surface area contributed by atoms with Gasteiger partial charge in [0.05, 0.1) is 11.6 Å². The Hall–Kier alpha value is -2.80. The van der Waals surface area contributed by atoms with Gasteiger partial charge in [0.2, 0.25) is 0 Å². The minimum Gasteiger partial charge on any atom is -0.486 e. The fraction of sp³-hybridized carbons (Fsp3) is 0.222. The summed E-state index contributed by atoms with van der Waals surface area (Å²) in [6.45, 7) is 1.71. The number of hydrogen-bond donors (Lipinski definition) is 2. The van der Waals surface area contributed by atoms with E-state index in [1.54, 1.807) is 13.0 Å². The van der Waals surface area contributed by atoms with Crippen molar-refractivity contribution in [3.63, 3.8) is 0 Å². The monoisotopic (exact) mass is 291 g/mol. The highest BCUT2D eigenvalue weighted by molar-refractivity contribution is 6.01. The number of ether oxygens (including phenoxy) is 1. The lowest BCUT2D eigenvalue weighted by atomic mass is 10.1. The Balaban J connectivity index is 1.86. The molecule has 2 aromatic rings. The first-order valence-electron chi connectivity index (χ1n) is 7.23. The zero-order valence-electron chi connectivity index (χ0n) is 12.4. The smallest absolute Gasteiger partial charge is 0.124 e. The van der Waals surface area contributed by atoms with E-state index in [1.165, 1.54) is 5.56 Å². The topological polar surface area (TPSA) is 82.9 Å². The van der Waals surface area contributed by atoms with Crippen molar-refractivity contribution in [3.05, 3.63) is 58.7 Å². The molecule has 22 heavy (non-hydrogen) atoms. The highest BCUT2D eigenvalue weighted by Crippen LogP contribution is 2.36. The van der Waals surface area contributed by atoms with E-state index < -0.39 is 0 Å². The third-order valence-electron chi connectivity index (χ3n) is 4.00. The maximum absolute atomic E-state index is 8.97. The number of anilines is 1. The molecular weight excluding hydrogens is 274 g/mol. The van der Waals surface area contributed by atoms with Crippen molar-refractivity contribution in [1.82, 2.24) is 0 Å². The van der Waals surface area contributed by atoms with Crippen molar-refractivity contribution in [2.45, 2.75) is 25.9 Å². The van der Waals surface area contributed by atoms with Crippen molar-refractivity contribution in [1.29, 1.82) is 10.7 Å². The van der Waals surface area contributed by atoms with Crippen LogP contribution in [0, 0.1) is 16.7 Å². The molecule has 0 fully saturated rings. The lowest BCUT2D eigenvalue weighted by molar-refractivity contribution is 0.207. The van der Waals surface area contributed by atoms with E-state index >= 15 is 0 Å². The van der Waals surface area contributed by atoms with Gasteiger partial charge in [-0.05, 0) is 61.2 Å². The largest absolute Gasteiger partial charge is 0.486 e. The summed E-state index contributed by atoms with van der Waals surface area (Å²) < 4.78 is 6.09. The van der Waals surface area contributed by atoms with E-state index in [4.69, 9.17) is 21.1 Å². The Morgan fingerprint density at radius 2 is 2.14 bits per heavy atom. The number of rotatable bonds is 3. The molecule has 0 spiro atoms. The SMILES string of the molecule is CC(=N)c1cc(OC2CCc3cc(C#N)ccc32)ccc1N. The number of aryl methyl sites for hydroxylation is 1. The third kappa shape index (κ3) is 2.53. The Morgan fingerprint density at radius 1 is 1.32 bits per heavy atom. The van der Waals surface area contributed by atoms with E-state index in [1.807, 2.05) is 30.3 Å². The molecule has 0 aromatic heterocycles. The van der Waals surface area contributed by atoms with Gasteiger partial charge in [0.25, 0.3) is 0 Å². The minimum absolute atomic E-state index is 0.00902. The summed E-state index contributed by atoms with van der Waals surface area (Å²) in [5, 5.41) is 16.7. The van der Waals surface area contributed by atoms with Crippen molar-refractivity contribution < 1.29 is 4.74 Å². The number of hydrogen-bond acceptors (Lipinski definition) is 4. The average Bonchev–Trinajstić information content (AvgIpc) is 2.91. The quantitative estimate of drug-likeness (QED) is 0.669. The van der Waals surface area contributed by atoms with Crippen LogP contribution in [0.25, 0.3) is 0 Å². The van der Waals surface area contributed by atoms with Crippen LogP contribution < -0.4 is 10.5 Å². The highest BCUT2D eigenvalue weighted by atomic mass is 16.5. The summed E-state index contributed by atoms with van der Waals surface area (Å²) >= 11 is 0. The summed E-state index contributed by atoms with van der Waals surface area (Å²) in [5.74, 6) is 0.720. The number of benzene rings is 2. The molecule has 4 heteroatoms. The van der Waals surface area contributed by atoms with Gasteiger partial charge < -0.3 is 15.9 Å². The number of fused-ring (bicyclic) bond motifs is 1. The Labute approximate surface area is 129 Å². The minimum atomic E-state index is -0.00902. The van der Waals surface area contributed by atoms with Gasteiger partial charge in [0, 0.05) is 17.0 Å². The first-order valence-corrected chi connectivity index (χ1v) is 7.23. The molecule has 0 saturated heterocycles. The molecule has 0 heterocycles. The number of nitrogens with two attached hydrogens (primary N) is 1. The molecule has 2 aromatic carbocycles. The second kappa shape index (κ2) is 5.53. The van der Waals surface area contributed by atoms with Crippen LogP contribution in [0.2, 0.25) is 0 Å². The van der Waals surface area contributed by atoms with Gasteiger partial charge in [-0.25, -0.2) is 0 Å². The standard InChI is InChI=1S/C18H17N3O/c1-11(20)16-9-14(4-6-17(16)21)22-18-7-3-13-8-12(10-19)2-5-15(13)18/h2,4-6,8-9,18,20H,3,7,21H2,1H3. The molecule has 3 rings (SSSR count). The Kier molecular flexibility index (Phi) is 3.56. The van der Waals surface area contributed by atoms with E-state index in [2.05, 4.69) is 6.07 Å². The van der Waals surface area contributed by atoms with Gasteiger partial charge in [-0.3, -0.25) is 0 Å². The predicted octanol–water partition coefficient (Wildman–Crippen LogP) is 3.59. The summed E-state index contributed by atoms with van der Waals surface area (Å²) in [6.07, 6.45) is 1.80. The summed E-state index contributed by atoms with van der Waals surface area (Å²) in [7, 11) is 0. The molecule has 3 N–H and O–H groups in total. The van der Waals surface area contributed by atoms with E-state index in [-0.39, 0.29) is 6.10 Å². The zero-order chi connectivity index (χ0) is 15.7. The molecule has 0 aliphatic heterocycles. The molecule has 1 aliphatic carbocycles. The predicted molar refractivity (Wildman–Crippen MR) is 86.2 cm³/mol. The molecule has 110 valence electrons. The number of nitrogens with one attached hydrogen (secondary N) is 1. The molecule has 4 nitrogen and oxygen atoms in total. The summed E-state index contributed by atoms with van der Waals surface area (Å²) in [6, 6.07) is 13.3. The number of nitriles is 1. The number of nitrogens with zero attached hydrogens (tertiary/aromatic N) is 1. The fourth-order valence-electron chi connectivity index (χ4n) is 2.87. The van der Waals surface area contributed by atoms with Crippen molar-refractivity contribution in [2.75, 3.05) is 5.73 Å². The zero-order valence-corrected chi connectivity index (χ0v) is 12.4. The third-order valence-corrected chi connectivity index (χ3v) is 4.00. The average molecular weight is 291 g/mol. The van der Waals surface area contributed by atoms with Crippen LogP contribution in [0.5, 0.6) is 5.75 Å². The van der Waals surface area contributed by atoms with Gasteiger partial charge in [-0.15, -0.1) is 0 Å². The van der Waals surface area contributed by atoms with Crippen LogP contribution >= 0.6 is 0 Å². The van der Waals surface area contributed by atoms with E-state index in [0.29, 0.717) is 22.5 Å². The normalized spacial score (nSPS) is 15.9. The lowest BCUT2D eigenvalue weighted by Gasteiger charge is -2.16. The van der Waals surface area contributed by atoms with Crippen LogP contribution in [0.4, 0.5) is 5.69 Å². The van der Waals surface area contributed by atoms with Gasteiger partial charge in [0.15, 0.2) is 0 Å². The van der Waals surface area contributed by atoms with Gasteiger partial charge >= 0.3 is 0 Å². The van der Waals surface area contributed by atoms with Gasteiger partial charge in [-0.1, -0.05) is 6.07 Å². The first-order chi connectivity index (χ1) is 10.6. The molecule has 0 saturated carbocycles. The van der Waals surface area contributed by atoms with Gasteiger partial charge in [-0.2, -0.15) is 5.26 Å². The molecule has 0 bridgehead atoms. The second-order valence-corrected chi connectivity index (χ2v) is 5.54. The summed E-state index contributed by atoms with van der Waals surface area (Å²) in [4.78, 5) is 0. The van der Waals surface area contributed by atoms with Crippen LogP contribution in [0.3, 0.4) is 0 Å². The maximum Gasteiger partial charge on any atom is 0.124 e.